The fourth-order valence-electron chi connectivity index (χ4n) is 2.65. The van der Waals surface area contributed by atoms with E-state index in [1.807, 2.05) is 7.05 Å². The van der Waals surface area contributed by atoms with Gasteiger partial charge in [0.2, 0.25) is 10.0 Å². The Balaban J connectivity index is 2.05. The van der Waals surface area contributed by atoms with E-state index in [4.69, 9.17) is 0 Å². The summed E-state index contributed by atoms with van der Waals surface area (Å²) in [4.78, 5) is 0.302. The van der Waals surface area contributed by atoms with Crippen LogP contribution >= 0.6 is 0 Å². The highest BCUT2D eigenvalue weighted by atomic mass is 32.2. The molecule has 0 amide bonds. The number of aromatic nitrogens is 2. The van der Waals surface area contributed by atoms with Crippen LogP contribution in [0.15, 0.2) is 17.3 Å². The molecule has 1 heterocycles. The Morgan fingerprint density at radius 3 is 2.80 bits per heavy atom. The van der Waals surface area contributed by atoms with Crippen molar-refractivity contribution in [2.75, 3.05) is 20.6 Å². The van der Waals surface area contributed by atoms with Crippen molar-refractivity contribution in [3.8, 4) is 0 Å². The zero-order chi connectivity index (χ0) is 14.6. The smallest absolute Gasteiger partial charge is 0.246 e. The van der Waals surface area contributed by atoms with E-state index >= 15 is 0 Å². The lowest BCUT2D eigenvalue weighted by atomic mass is 10.3. The Kier molecular flexibility index (Phi) is 5.17. The van der Waals surface area contributed by atoms with Crippen LogP contribution in [0.5, 0.6) is 0 Å². The van der Waals surface area contributed by atoms with Crippen molar-refractivity contribution in [1.29, 1.82) is 0 Å². The van der Waals surface area contributed by atoms with Gasteiger partial charge in [-0.3, -0.25) is 4.68 Å². The summed E-state index contributed by atoms with van der Waals surface area (Å²) in [6.07, 6.45) is 8.19. The van der Waals surface area contributed by atoms with Crippen molar-refractivity contribution < 1.29 is 8.42 Å². The highest BCUT2D eigenvalue weighted by Gasteiger charge is 2.30. The van der Waals surface area contributed by atoms with Gasteiger partial charge in [-0.05, 0) is 32.9 Å². The first-order valence-corrected chi connectivity index (χ1v) is 8.65. The fraction of sp³-hybridized carbons (Fsp3) is 0.769. The van der Waals surface area contributed by atoms with Gasteiger partial charge < -0.3 is 5.32 Å². The number of nitrogens with one attached hydrogen (secondary N) is 1. The molecule has 0 spiro atoms. The molecule has 0 bridgehead atoms. The summed E-state index contributed by atoms with van der Waals surface area (Å²) in [5.41, 5.74) is 0. The van der Waals surface area contributed by atoms with Crippen LogP contribution in [0.3, 0.4) is 0 Å². The summed E-state index contributed by atoms with van der Waals surface area (Å²) in [6, 6.07) is 0.146. The van der Waals surface area contributed by atoms with Gasteiger partial charge in [0.05, 0.1) is 6.20 Å². The van der Waals surface area contributed by atoms with Crippen LogP contribution in [0.1, 0.15) is 32.1 Å². The average molecular weight is 300 g/mol. The van der Waals surface area contributed by atoms with E-state index in [9.17, 15) is 8.42 Å². The number of hydrogen-bond donors (Lipinski definition) is 1. The number of nitrogens with zero attached hydrogens (tertiary/aromatic N) is 3. The maximum Gasteiger partial charge on any atom is 0.246 e. The van der Waals surface area contributed by atoms with Gasteiger partial charge in [0.15, 0.2) is 0 Å². The lowest BCUT2D eigenvalue weighted by molar-refractivity contribution is 0.373. The molecule has 6 nitrogen and oxygen atoms in total. The van der Waals surface area contributed by atoms with Crippen LogP contribution in [0.25, 0.3) is 0 Å². The molecule has 20 heavy (non-hydrogen) atoms. The van der Waals surface area contributed by atoms with Crippen molar-refractivity contribution >= 4 is 10.0 Å². The topological polar surface area (TPSA) is 67.2 Å². The zero-order valence-electron chi connectivity index (χ0n) is 12.2. The van der Waals surface area contributed by atoms with Crippen LogP contribution in [0.2, 0.25) is 0 Å². The first-order chi connectivity index (χ1) is 9.55. The zero-order valence-corrected chi connectivity index (χ0v) is 13.1. The molecule has 1 aromatic heterocycles. The van der Waals surface area contributed by atoms with Gasteiger partial charge in [-0.1, -0.05) is 12.8 Å². The molecular weight excluding hydrogens is 276 g/mol. The Bertz CT molecular complexity index is 520. The quantitative estimate of drug-likeness (QED) is 0.765. The Hall–Kier alpha value is -0.920. The Labute approximate surface area is 121 Å². The second-order valence-corrected chi connectivity index (χ2v) is 7.35. The van der Waals surface area contributed by atoms with E-state index in [0.29, 0.717) is 4.90 Å². The van der Waals surface area contributed by atoms with Crippen molar-refractivity contribution in [3.05, 3.63) is 12.4 Å². The summed E-state index contributed by atoms with van der Waals surface area (Å²) in [7, 11) is 0.185. The molecule has 0 saturated heterocycles. The molecule has 1 aliphatic carbocycles. The van der Waals surface area contributed by atoms with Crippen LogP contribution in [0, 0.1) is 0 Å². The summed E-state index contributed by atoms with van der Waals surface area (Å²) in [6.45, 7) is 1.62. The number of sulfonamides is 1. The van der Waals surface area contributed by atoms with E-state index in [1.165, 1.54) is 10.5 Å². The minimum atomic E-state index is -3.40. The van der Waals surface area contributed by atoms with Gasteiger partial charge in [-0.15, -0.1) is 0 Å². The third-order valence-corrected chi connectivity index (χ3v) is 5.80. The molecule has 1 aliphatic rings. The molecule has 1 fully saturated rings. The standard InChI is InChI=1S/C13H24N4O2S/c1-14-8-5-9-17-11-13(10-15-17)20(18,19)16(2)12-6-3-4-7-12/h10-12,14H,3-9H2,1-2H3. The van der Waals surface area contributed by atoms with Crippen molar-refractivity contribution in [2.45, 2.75) is 49.6 Å². The van der Waals surface area contributed by atoms with E-state index in [2.05, 4.69) is 10.4 Å². The third-order valence-electron chi connectivity index (χ3n) is 3.94. The first-order valence-electron chi connectivity index (χ1n) is 7.21. The highest BCUT2D eigenvalue weighted by molar-refractivity contribution is 7.89. The third kappa shape index (κ3) is 3.39. The molecule has 1 aromatic rings. The molecule has 0 aromatic carbocycles. The normalized spacial score (nSPS) is 17.1. The summed E-state index contributed by atoms with van der Waals surface area (Å²) in [5.74, 6) is 0. The summed E-state index contributed by atoms with van der Waals surface area (Å²) in [5, 5.41) is 7.21. The van der Waals surface area contributed by atoms with Crippen LogP contribution in [-0.2, 0) is 16.6 Å². The molecule has 7 heteroatoms. The highest BCUT2D eigenvalue weighted by Crippen LogP contribution is 2.26. The molecule has 114 valence electrons. The van der Waals surface area contributed by atoms with Crippen LogP contribution in [-0.4, -0.2) is 49.2 Å². The maximum atomic E-state index is 12.5. The van der Waals surface area contributed by atoms with Crippen LogP contribution in [0.4, 0.5) is 0 Å². The Morgan fingerprint density at radius 1 is 1.45 bits per heavy atom. The summed E-state index contributed by atoms with van der Waals surface area (Å²) < 4.78 is 28.3. The molecule has 1 N–H and O–H groups in total. The van der Waals surface area contributed by atoms with Gasteiger partial charge in [0, 0.05) is 25.8 Å². The van der Waals surface area contributed by atoms with E-state index < -0.39 is 10.0 Å². The minimum Gasteiger partial charge on any atom is -0.320 e. The number of hydrogen-bond acceptors (Lipinski definition) is 4. The van der Waals surface area contributed by atoms with E-state index in [1.54, 1.807) is 17.9 Å². The van der Waals surface area contributed by atoms with Gasteiger partial charge >= 0.3 is 0 Å². The maximum absolute atomic E-state index is 12.5. The second-order valence-electron chi connectivity index (χ2n) is 5.36. The molecule has 2 rings (SSSR count). The Morgan fingerprint density at radius 2 is 2.15 bits per heavy atom. The number of aryl methyl sites for hydroxylation is 1. The van der Waals surface area contributed by atoms with Gasteiger partial charge in [-0.2, -0.15) is 9.40 Å². The predicted molar refractivity (Wildman–Crippen MR) is 78.0 cm³/mol. The first kappa shape index (κ1) is 15.5. The lowest BCUT2D eigenvalue weighted by Gasteiger charge is -2.22. The fourth-order valence-corrected chi connectivity index (χ4v) is 4.02. The lowest BCUT2D eigenvalue weighted by Crippen LogP contribution is -2.35. The van der Waals surface area contributed by atoms with E-state index in [0.717, 1.165) is 45.2 Å². The SMILES string of the molecule is CNCCCn1cc(S(=O)(=O)N(C)C2CCCC2)cn1. The monoisotopic (exact) mass is 300 g/mol. The molecule has 0 aliphatic heterocycles. The molecule has 0 atom stereocenters. The van der Waals surface area contributed by atoms with Crippen molar-refractivity contribution in [1.82, 2.24) is 19.4 Å². The average Bonchev–Trinajstić information content (AvgIpc) is 3.09. The predicted octanol–water partition coefficient (Wildman–Crippen LogP) is 1.06. The second kappa shape index (κ2) is 6.69. The van der Waals surface area contributed by atoms with E-state index in [-0.39, 0.29) is 6.04 Å². The molecule has 0 radical (unpaired) electrons. The number of rotatable bonds is 7. The van der Waals surface area contributed by atoms with Crippen molar-refractivity contribution in [2.24, 2.45) is 0 Å². The molecule has 0 unspecified atom stereocenters. The minimum absolute atomic E-state index is 0.146. The molecular formula is C13H24N4O2S. The largest absolute Gasteiger partial charge is 0.320 e. The van der Waals surface area contributed by atoms with Gasteiger partial charge in [0.1, 0.15) is 4.90 Å². The van der Waals surface area contributed by atoms with Crippen molar-refractivity contribution in [3.63, 3.8) is 0 Å². The van der Waals surface area contributed by atoms with Gasteiger partial charge in [-0.25, -0.2) is 8.42 Å². The van der Waals surface area contributed by atoms with Crippen LogP contribution < -0.4 is 5.32 Å². The molecule has 1 saturated carbocycles. The summed E-state index contributed by atoms with van der Waals surface area (Å²) >= 11 is 0. The van der Waals surface area contributed by atoms with Gasteiger partial charge in [0.25, 0.3) is 0 Å².